The Bertz CT molecular complexity index is 104. The quantitative estimate of drug-likeness (QED) is 0.478. The Balaban J connectivity index is 1.93. The molecule has 2 aliphatic rings. The molecule has 51 valence electrons. The van der Waals surface area contributed by atoms with Gasteiger partial charge in [0.1, 0.15) is 6.61 Å². The van der Waals surface area contributed by atoms with Gasteiger partial charge in [0.2, 0.25) is 0 Å². The third kappa shape index (κ3) is 0.852. The lowest BCUT2D eigenvalue weighted by molar-refractivity contribution is -0.0850. The molecule has 2 aliphatic heterocycles. The highest BCUT2D eigenvalue weighted by Gasteiger charge is 2.40. The molecular weight excluding hydrogens is 118 g/mol. The van der Waals surface area contributed by atoms with Crippen LogP contribution in [0, 0.1) is 6.61 Å². The van der Waals surface area contributed by atoms with E-state index in [0.29, 0.717) is 0 Å². The third-order valence-electron chi connectivity index (χ3n) is 1.73. The number of hydrogen-bond acceptors (Lipinski definition) is 3. The van der Waals surface area contributed by atoms with E-state index in [9.17, 15) is 0 Å². The molecule has 0 aromatic heterocycles. The van der Waals surface area contributed by atoms with Gasteiger partial charge in [0.05, 0.1) is 25.4 Å². The Hall–Kier alpha value is -0.120. The molecule has 1 N–H and O–H groups in total. The number of morpholine rings is 1. The predicted octanol–water partition coefficient (Wildman–Crippen LogP) is -0.463. The lowest BCUT2D eigenvalue weighted by Crippen LogP contribution is -2.63. The number of hydrogen-bond donors (Lipinski definition) is 1. The second-order valence-electron chi connectivity index (χ2n) is 2.56. The van der Waals surface area contributed by atoms with E-state index in [2.05, 4.69) is 5.32 Å². The molecule has 2 saturated heterocycles. The van der Waals surface area contributed by atoms with Crippen LogP contribution in [0.4, 0.5) is 0 Å². The highest BCUT2D eigenvalue weighted by molar-refractivity contribution is 5.04. The summed E-state index contributed by atoms with van der Waals surface area (Å²) in [5, 5.41) is 3.33. The van der Waals surface area contributed by atoms with Gasteiger partial charge in [0.15, 0.2) is 0 Å². The van der Waals surface area contributed by atoms with Crippen LogP contribution >= 0.6 is 0 Å². The Morgan fingerprint density at radius 3 is 2.67 bits per heavy atom. The maximum atomic E-state index is 5.25. The molecule has 3 heteroatoms. The zero-order chi connectivity index (χ0) is 6.16. The molecule has 0 aliphatic carbocycles. The fourth-order valence-corrected chi connectivity index (χ4v) is 1.13. The van der Waals surface area contributed by atoms with Crippen LogP contribution in [0.3, 0.4) is 0 Å². The minimum Gasteiger partial charge on any atom is -0.378 e. The summed E-state index contributed by atoms with van der Waals surface area (Å²) in [4.78, 5) is 0. The van der Waals surface area contributed by atoms with E-state index < -0.39 is 0 Å². The van der Waals surface area contributed by atoms with Gasteiger partial charge in [0.25, 0.3) is 0 Å². The van der Waals surface area contributed by atoms with E-state index in [-0.39, 0.29) is 5.54 Å². The monoisotopic (exact) mass is 128 g/mol. The van der Waals surface area contributed by atoms with Crippen LogP contribution in [0.15, 0.2) is 0 Å². The summed E-state index contributed by atoms with van der Waals surface area (Å²) in [6, 6.07) is 0. The van der Waals surface area contributed by atoms with Crippen LogP contribution in [0.2, 0.25) is 0 Å². The lowest BCUT2D eigenvalue weighted by atomic mass is 9.98. The molecular formula is C6H10NO2. The zero-order valence-electron chi connectivity index (χ0n) is 5.22. The summed E-state index contributed by atoms with van der Waals surface area (Å²) in [6.45, 7) is 5.14. The van der Waals surface area contributed by atoms with Gasteiger partial charge in [0, 0.05) is 6.54 Å². The zero-order valence-corrected chi connectivity index (χ0v) is 5.22. The topological polar surface area (TPSA) is 30.5 Å². The normalized spacial score (nSPS) is 32.0. The van der Waals surface area contributed by atoms with Crippen LogP contribution in [0.5, 0.6) is 0 Å². The molecule has 0 bridgehead atoms. The van der Waals surface area contributed by atoms with Crippen LogP contribution in [0.1, 0.15) is 0 Å². The summed E-state index contributed by atoms with van der Waals surface area (Å²) in [7, 11) is 0. The molecule has 0 aromatic carbocycles. The van der Waals surface area contributed by atoms with Crippen molar-refractivity contribution in [3.05, 3.63) is 6.61 Å². The Kier molecular flexibility index (Phi) is 1.22. The molecule has 3 nitrogen and oxygen atoms in total. The van der Waals surface area contributed by atoms with Crippen molar-refractivity contribution in [1.82, 2.24) is 5.32 Å². The molecule has 0 saturated carbocycles. The van der Waals surface area contributed by atoms with Crippen molar-refractivity contribution in [3.8, 4) is 0 Å². The highest BCUT2D eigenvalue weighted by Crippen LogP contribution is 2.23. The molecule has 0 aromatic rings. The summed E-state index contributed by atoms with van der Waals surface area (Å²) in [6.07, 6.45) is 0. The second kappa shape index (κ2) is 1.94. The summed E-state index contributed by atoms with van der Waals surface area (Å²) in [5.74, 6) is 0. The van der Waals surface area contributed by atoms with E-state index in [1.54, 1.807) is 0 Å². The number of rotatable bonds is 0. The SMILES string of the molecule is [CH]1OCC12COCCN2. The summed E-state index contributed by atoms with van der Waals surface area (Å²) >= 11 is 0. The molecule has 1 spiro atoms. The van der Waals surface area contributed by atoms with E-state index in [4.69, 9.17) is 9.47 Å². The van der Waals surface area contributed by atoms with Crippen LogP contribution < -0.4 is 5.32 Å². The van der Waals surface area contributed by atoms with Crippen molar-refractivity contribution in [2.45, 2.75) is 5.54 Å². The Labute approximate surface area is 54.3 Å². The summed E-state index contributed by atoms with van der Waals surface area (Å²) < 4.78 is 10.2. The van der Waals surface area contributed by atoms with Gasteiger partial charge in [-0.3, -0.25) is 0 Å². The largest absolute Gasteiger partial charge is 0.378 e. The van der Waals surface area contributed by atoms with E-state index in [1.165, 1.54) is 0 Å². The fourth-order valence-electron chi connectivity index (χ4n) is 1.13. The maximum absolute atomic E-state index is 5.25. The van der Waals surface area contributed by atoms with Crippen LogP contribution in [-0.2, 0) is 9.47 Å². The van der Waals surface area contributed by atoms with Crippen LogP contribution in [-0.4, -0.2) is 31.9 Å². The molecule has 2 fully saturated rings. The van der Waals surface area contributed by atoms with Crippen molar-refractivity contribution in [2.75, 3.05) is 26.4 Å². The Morgan fingerprint density at radius 2 is 2.33 bits per heavy atom. The molecule has 1 unspecified atom stereocenters. The van der Waals surface area contributed by atoms with E-state index in [1.807, 2.05) is 6.61 Å². The van der Waals surface area contributed by atoms with Gasteiger partial charge < -0.3 is 14.8 Å². The van der Waals surface area contributed by atoms with Gasteiger partial charge in [-0.05, 0) is 0 Å². The van der Waals surface area contributed by atoms with Gasteiger partial charge in [-0.25, -0.2) is 0 Å². The Morgan fingerprint density at radius 1 is 1.44 bits per heavy atom. The minimum absolute atomic E-state index is 0.0816. The third-order valence-corrected chi connectivity index (χ3v) is 1.73. The number of ether oxygens (including phenoxy) is 2. The van der Waals surface area contributed by atoms with Gasteiger partial charge >= 0.3 is 0 Å². The fraction of sp³-hybridized carbons (Fsp3) is 0.833. The van der Waals surface area contributed by atoms with Gasteiger partial charge in [-0.2, -0.15) is 0 Å². The average molecular weight is 128 g/mol. The molecule has 2 rings (SSSR count). The molecule has 1 atom stereocenters. The standard InChI is InChI=1S/C6H10NO2/c1-2-8-3-6(7-1)4-9-5-6/h4,7H,1-3,5H2. The first kappa shape index (κ1) is 5.65. The molecule has 1 radical (unpaired) electrons. The van der Waals surface area contributed by atoms with E-state index >= 15 is 0 Å². The van der Waals surface area contributed by atoms with Crippen molar-refractivity contribution in [3.63, 3.8) is 0 Å². The van der Waals surface area contributed by atoms with Gasteiger partial charge in [-0.15, -0.1) is 0 Å². The first-order chi connectivity index (χ1) is 4.41. The van der Waals surface area contributed by atoms with Crippen LogP contribution in [0.25, 0.3) is 0 Å². The van der Waals surface area contributed by atoms with E-state index in [0.717, 1.165) is 26.4 Å². The van der Waals surface area contributed by atoms with Gasteiger partial charge in [-0.1, -0.05) is 0 Å². The smallest absolute Gasteiger partial charge is 0.108 e. The van der Waals surface area contributed by atoms with Crippen molar-refractivity contribution in [2.24, 2.45) is 0 Å². The molecule has 9 heavy (non-hydrogen) atoms. The maximum Gasteiger partial charge on any atom is 0.108 e. The second-order valence-corrected chi connectivity index (χ2v) is 2.56. The summed E-state index contributed by atoms with van der Waals surface area (Å²) in [5.41, 5.74) is 0.0816. The van der Waals surface area contributed by atoms with Crippen molar-refractivity contribution in [1.29, 1.82) is 0 Å². The molecule has 0 amide bonds. The predicted molar refractivity (Wildman–Crippen MR) is 31.8 cm³/mol. The van der Waals surface area contributed by atoms with Crippen molar-refractivity contribution >= 4 is 0 Å². The lowest BCUT2D eigenvalue weighted by Gasteiger charge is -2.43. The average Bonchev–Trinajstić information content (AvgIpc) is 1.87. The highest BCUT2D eigenvalue weighted by atomic mass is 16.5. The first-order valence-electron chi connectivity index (χ1n) is 3.20. The molecule has 2 heterocycles. The van der Waals surface area contributed by atoms with Crippen molar-refractivity contribution < 1.29 is 9.47 Å². The minimum atomic E-state index is 0.0816. The number of nitrogens with one attached hydrogen (secondary N) is 1. The first-order valence-corrected chi connectivity index (χ1v) is 3.20.